The minimum absolute atomic E-state index is 0.323. The van der Waals surface area contributed by atoms with Gasteiger partial charge in [-0.1, -0.05) is 0 Å². The van der Waals surface area contributed by atoms with Gasteiger partial charge in [-0.05, 0) is 19.9 Å². The highest BCUT2D eigenvalue weighted by molar-refractivity contribution is 7.86. The Labute approximate surface area is 89.0 Å². The summed E-state index contributed by atoms with van der Waals surface area (Å²) >= 11 is 0. The molecule has 1 N–H and O–H groups in total. The summed E-state index contributed by atoms with van der Waals surface area (Å²) in [6.07, 6.45) is 1.43. The third-order valence-electron chi connectivity index (χ3n) is 2.38. The van der Waals surface area contributed by atoms with Gasteiger partial charge in [0.25, 0.3) is 10.1 Å². The van der Waals surface area contributed by atoms with Crippen LogP contribution >= 0.6 is 0 Å². The standard InChI is InChI=1S/C8H15NO5S/c1-9-5-6(14-15(2,12)13)3-4-7(9)8(10)11/h6-7H,3-5H2,1-2H3,(H,10,11). The number of likely N-dealkylation sites (N-methyl/N-ethyl adjacent to an activating group) is 1. The molecular weight excluding hydrogens is 222 g/mol. The quantitative estimate of drug-likeness (QED) is 0.667. The van der Waals surface area contributed by atoms with Gasteiger partial charge >= 0.3 is 5.97 Å². The van der Waals surface area contributed by atoms with Crippen molar-refractivity contribution < 1.29 is 22.5 Å². The Balaban J connectivity index is 2.55. The van der Waals surface area contributed by atoms with Crippen molar-refractivity contribution >= 4 is 16.1 Å². The first kappa shape index (κ1) is 12.4. The van der Waals surface area contributed by atoms with Crippen molar-refractivity contribution in [2.75, 3.05) is 19.8 Å². The Morgan fingerprint density at radius 2 is 2.07 bits per heavy atom. The molecule has 2 unspecified atom stereocenters. The lowest BCUT2D eigenvalue weighted by Crippen LogP contribution is -2.48. The highest BCUT2D eigenvalue weighted by atomic mass is 32.2. The molecule has 0 aliphatic carbocycles. The topological polar surface area (TPSA) is 83.9 Å². The fourth-order valence-electron chi connectivity index (χ4n) is 1.74. The minimum Gasteiger partial charge on any atom is -0.480 e. The molecule has 0 amide bonds. The summed E-state index contributed by atoms with van der Waals surface area (Å²) in [6, 6.07) is -0.538. The molecule has 15 heavy (non-hydrogen) atoms. The Kier molecular flexibility index (Phi) is 3.69. The molecule has 1 saturated heterocycles. The van der Waals surface area contributed by atoms with E-state index in [2.05, 4.69) is 0 Å². The van der Waals surface area contributed by atoms with Crippen molar-refractivity contribution in [1.82, 2.24) is 4.90 Å². The number of nitrogens with zero attached hydrogens (tertiary/aromatic N) is 1. The SMILES string of the molecule is CN1CC(OS(C)(=O)=O)CCC1C(=O)O. The van der Waals surface area contributed by atoms with Gasteiger partial charge in [-0.25, -0.2) is 0 Å². The molecule has 0 aromatic carbocycles. The maximum atomic E-state index is 10.9. The van der Waals surface area contributed by atoms with Crippen molar-refractivity contribution in [1.29, 1.82) is 0 Å². The molecule has 0 radical (unpaired) electrons. The lowest BCUT2D eigenvalue weighted by molar-refractivity contribution is -0.144. The summed E-state index contributed by atoms with van der Waals surface area (Å²) in [5, 5.41) is 8.83. The molecule has 1 heterocycles. The van der Waals surface area contributed by atoms with Gasteiger partial charge in [0.2, 0.25) is 0 Å². The van der Waals surface area contributed by atoms with Gasteiger partial charge in [-0.2, -0.15) is 8.42 Å². The van der Waals surface area contributed by atoms with E-state index in [-0.39, 0.29) is 0 Å². The number of hydrogen-bond donors (Lipinski definition) is 1. The predicted octanol–water partition coefficient (Wildman–Crippen LogP) is -0.490. The van der Waals surface area contributed by atoms with E-state index in [1.54, 1.807) is 11.9 Å². The fourth-order valence-corrected chi connectivity index (χ4v) is 2.39. The maximum absolute atomic E-state index is 10.9. The van der Waals surface area contributed by atoms with Crippen LogP contribution in [0.5, 0.6) is 0 Å². The smallest absolute Gasteiger partial charge is 0.320 e. The third kappa shape index (κ3) is 3.77. The van der Waals surface area contributed by atoms with Gasteiger partial charge in [0.15, 0.2) is 0 Å². The molecule has 0 aromatic rings. The summed E-state index contributed by atoms with van der Waals surface area (Å²) in [4.78, 5) is 12.4. The number of hydrogen-bond acceptors (Lipinski definition) is 5. The molecule has 1 aliphatic heterocycles. The number of carboxylic acids is 1. The molecule has 0 aromatic heterocycles. The fraction of sp³-hybridized carbons (Fsp3) is 0.875. The lowest BCUT2D eigenvalue weighted by atomic mass is 10.0. The predicted molar refractivity (Wildman–Crippen MR) is 53.0 cm³/mol. The summed E-state index contributed by atoms with van der Waals surface area (Å²) < 4.78 is 26.5. The molecular formula is C8H15NO5S. The Bertz CT molecular complexity index is 339. The van der Waals surface area contributed by atoms with E-state index in [1.165, 1.54) is 0 Å². The molecule has 88 valence electrons. The van der Waals surface area contributed by atoms with Crippen molar-refractivity contribution in [2.24, 2.45) is 0 Å². The van der Waals surface area contributed by atoms with E-state index in [0.29, 0.717) is 19.4 Å². The van der Waals surface area contributed by atoms with Crippen LogP contribution in [-0.4, -0.2) is 56.4 Å². The first-order valence-corrected chi connectivity index (χ1v) is 6.42. The molecule has 1 fully saturated rings. The molecule has 2 atom stereocenters. The monoisotopic (exact) mass is 237 g/mol. The minimum atomic E-state index is -3.46. The Hall–Kier alpha value is -0.660. The van der Waals surface area contributed by atoms with Crippen LogP contribution in [0.25, 0.3) is 0 Å². The van der Waals surface area contributed by atoms with Crippen LogP contribution in [-0.2, 0) is 19.1 Å². The van der Waals surface area contributed by atoms with Crippen LogP contribution in [0.1, 0.15) is 12.8 Å². The summed E-state index contributed by atoms with van der Waals surface area (Å²) in [6.45, 7) is 0.323. The first-order valence-electron chi connectivity index (χ1n) is 4.61. The van der Waals surface area contributed by atoms with E-state index >= 15 is 0 Å². The largest absolute Gasteiger partial charge is 0.480 e. The van der Waals surface area contributed by atoms with Crippen LogP contribution in [0, 0.1) is 0 Å². The lowest BCUT2D eigenvalue weighted by Gasteiger charge is -2.33. The average molecular weight is 237 g/mol. The van der Waals surface area contributed by atoms with Gasteiger partial charge < -0.3 is 5.11 Å². The first-order chi connectivity index (χ1) is 6.79. The maximum Gasteiger partial charge on any atom is 0.320 e. The van der Waals surface area contributed by atoms with Crippen LogP contribution < -0.4 is 0 Å². The van der Waals surface area contributed by atoms with Gasteiger partial charge in [-0.3, -0.25) is 13.9 Å². The zero-order valence-electron chi connectivity index (χ0n) is 8.71. The second-order valence-corrected chi connectivity index (χ2v) is 5.39. The van der Waals surface area contributed by atoms with E-state index in [1.807, 2.05) is 0 Å². The molecule has 7 heteroatoms. The average Bonchev–Trinajstić information content (AvgIpc) is 1.99. The zero-order valence-corrected chi connectivity index (χ0v) is 9.53. The van der Waals surface area contributed by atoms with E-state index < -0.39 is 28.2 Å². The molecule has 0 bridgehead atoms. The van der Waals surface area contributed by atoms with Crippen molar-refractivity contribution in [3.8, 4) is 0 Å². The third-order valence-corrected chi connectivity index (χ3v) is 3.00. The number of carbonyl (C=O) groups is 1. The number of rotatable bonds is 3. The molecule has 0 spiro atoms. The highest BCUT2D eigenvalue weighted by Gasteiger charge is 2.32. The second-order valence-electron chi connectivity index (χ2n) is 3.79. The van der Waals surface area contributed by atoms with Gasteiger partial charge in [0.1, 0.15) is 6.04 Å². The summed E-state index contributed by atoms with van der Waals surface area (Å²) in [5.41, 5.74) is 0. The van der Waals surface area contributed by atoms with E-state index in [9.17, 15) is 13.2 Å². The van der Waals surface area contributed by atoms with Crippen LogP contribution in [0.3, 0.4) is 0 Å². The van der Waals surface area contributed by atoms with Crippen molar-refractivity contribution in [3.05, 3.63) is 0 Å². The van der Waals surface area contributed by atoms with Crippen LogP contribution in [0.2, 0.25) is 0 Å². The van der Waals surface area contributed by atoms with Crippen LogP contribution in [0.4, 0.5) is 0 Å². The molecule has 6 nitrogen and oxygen atoms in total. The summed E-state index contributed by atoms with van der Waals surface area (Å²) in [7, 11) is -1.81. The number of aliphatic carboxylic acids is 1. The summed E-state index contributed by atoms with van der Waals surface area (Å²) in [5.74, 6) is -0.879. The molecule has 0 saturated carbocycles. The van der Waals surface area contributed by atoms with E-state index in [4.69, 9.17) is 9.29 Å². The number of carboxylic acid groups (broad SMARTS) is 1. The van der Waals surface area contributed by atoms with Crippen molar-refractivity contribution in [3.63, 3.8) is 0 Å². The Morgan fingerprint density at radius 1 is 1.47 bits per heavy atom. The highest BCUT2D eigenvalue weighted by Crippen LogP contribution is 2.19. The van der Waals surface area contributed by atoms with Crippen LogP contribution in [0.15, 0.2) is 0 Å². The molecule has 1 rings (SSSR count). The number of piperidine rings is 1. The number of likely N-dealkylation sites (tertiary alicyclic amines) is 1. The van der Waals surface area contributed by atoms with Gasteiger partial charge in [0, 0.05) is 6.54 Å². The van der Waals surface area contributed by atoms with Crippen molar-refractivity contribution in [2.45, 2.75) is 25.0 Å². The van der Waals surface area contributed by atoms with Gasteiger partial charge in [-0.15, -0.1) is 0 Å². The zero-order chi connectivity index (χ0) is 11.6. The Morgan fingerprint density at radius 3 is 2.47 bits per heavy atom. The van der Waals surface area contributed by atoms with E-state index in [0.717, 1.165) is 6.26 Å². The normalized spacial score (nSPS) is 28.9. The van der Waals surface area contributed by atoms with Gasteiger partial charge in [0.05, 0.1) is 12.4 Å². The second kappa shape index (κ2) is 4.46. The molecule has 1 aliphatic rings.